The van der Waals surface area contributed by atoms with Crippen LogP contribution in [0.2, 0.25) is 0 Å². The van der Waals surface area contributed by atoms with Gasteiger partial charge in [-0.1, -0.05) is 29.0 Å². The minimum Gasteiger partial charge on any atom is -0.495 e. The number of thiazole rings is 1. The quantitative estimate of drug-likeness (QED) is 0.595. The maximum atomic E-state index is 12.4. The van der Waals surface area contributed by atoms with Crippen molar-refractivity contribution in [1.82, 2.24) is 4.57 Å². The SMILES string of the molecule is COc1ccc(OC)c2c1sc(=NC(=O)CCS(=O)(=O)c1ccc(C)cc1)n2C. The molecule has 1 heterocycles. The minimum absolute atomic E-state index is 0.196. The molecule has 154 valence electrons. The maximum absolute atomic E-state index is 12.4. The van der Waals surface area contributed by atoms with Crippen molar-refractivity contribution in [3.8, 4) is 11.5 Å². The molecule has 0 fully saturated rings. The lowest BCUT2D eigenvalue weighted by Gasteiger charge is -2.06. The van der Waals surface area contributed by atoms with Crippen molar-refractivity contribution in [1.29, 1.82) is 0 Å². The van der Waals surface area contributed by atoms with Gasteiger partial charge in [0.15, 0.2) is 14.6 Å². The van der Waals surface area contributed by atoms with Gasteiger partial charge < -0.3 is 14.0 Å². The van der Waals surface area contributed by atoms with E-state index in [-0.39, 0.29) is 17.1 Å². The Balaban J connectivity index is 1.88. The second kappa shape index (κ2) is 8.38. The molecule has 2 aromatic carbocycles. The first-order chi connectivity index (χ1) is 13.8. The first-order valence-corrected chi connectivity index (χ1v) is 11.3. The molecule has 0 spiro atoms. The number of ether oxygens (including phenoxy) is 2. The number of amides is 1. The first kappa shape index (κ1) is 21.1. The van der Waals surface area contributed by atoms with Gasteiger partial charge in [0.05, 0.1) is 24.9 Å². The predicted octanol–water partition coefficient (Wildman–Crippen LogP) is 2.86. The van der Waals surface area contributed by atoms with Crippen LogP contribution in [0.1, 0.15) is 12.0 Å². The van der Waals surface area contributed by atoms with Gasteiger partial charge in [-0.05, 0) is 31.2 Å². The summed E-state index contributed by atoms with van der Waals surface area (Å²) in [6.07, 6.45) is -0.196. The van der Waals surface area contributed by atoms with E-state index in [1.54, 1.807) is 62.2 Å². The highest BCUT2D eigenvalue weighted by atomic mass is 32.2. The van der Waals surface area contributed by atoms with E-state index in [2.05, 4.69) is 4.99 Å². The van der Waals surface area contributed by atoms with Gasteiger partial charge in [-0.15, -0.1) is 0 Å². The number of aromatic nitrogens is 1. The molecular formula is C20H22N2O5S2. The van der Waals surface area contributed by atoms with Crippen LogP contribution in [0.5, 0.6) is 11.5 Å². The predicted molar refractivity (Wildman–Crippen MR) is 112 cm³/mol. The Labute approximate surface area is 173 Å². The van der Waals surface area contributed by atoms with Crippen molar-refractivity contribution in [3.05, 3.63) is 46.8 Å². The van der Waals surface area contributed by atoms with Crippen LogP contribution in [0.3, 0.4) is 0 Å². The number of hydrogen-bond acceptors (Lipinski definition) is 6. The molecule has 7 nitrogen and oxygen atoms in total. The highest BCUT2D eigenvalue weighted by Crippen LogP contribution is 2.34. The summed E-state index contributed by atoms with van der Waals surface area (Å²) in [6, 6.07) is 10.1. The molecule has 0 aliphatic rings. The van der Waals surface area contributed by atoms with Crippen LogP contribution in [0.4, 0.5) is 0 Å². The highest BCUT2D eigenvalue weighted by molar-refractivity contribution is 7.91. The highest BCUT2D eigenvalue weighted by Gasteiger charge is 2.17. The van der Waals surface area contributed by atoms with E-state index in [0.29, 0.717) is 16.3 Å². The lowest BCUT2D eigenvalue weighted by atomic mass is 10.2. The maximum Gasteiger partial charge on any atom is 0.249 e. The number of methoxy groups -OCH3 is 2. The number of carbonyl (C=O) groups is 1. The van der Waals surface area contributed by atoms with E-state index in [9.17, 15) is 13.2 Å². The van der Waals surface area contributed by atoms with Gasteiger partial charge in [-0.2, -0.15) is 4.99 Å². The van der Waals surface area contributed by atoms with Crippen molar-refractivity contribution >= 4 is 37.3 Å². The third-order valence-corrected chi connectivity index (χ3v) is 7.38. The summed E-state index contributed by atoms with van der Waals surface area (Å²) in [4.78, 5) is 17.2. The molecule has 9 heteroatoms. The van der Waals surface area contributed by atoms with Crippen LogP contribution < -0.4 is 14.3 Å². The van der Waals surface area contributed by atoms with Gasteiger partial charge in [0, 0.05) is 13.5 Å². The molecule has 0 radical (unpaired) electrons. The molecule has 0 saturated heterocycles. The molecule has 0 aliphatic heterocycles. The Morgan fingerprint density at radius 2 is 1.69 bits per heavy atom. The van der Waals surface area contributed by atoms with E-state index < -0.39 is 15.7 Å². The topological polar surface area (TPSA) is 87.0 Å². The summed E-state index contributed by atoms with van der Waals surface area (Å²) in [5.41, 5.74) is 1.73. The summed E-state index contributed by atoms with van der Waals surface area (Å²) in [7, 11) is 1.36. The zero-order chi connectivity index (χ0) is 21.2. The van der Waals surface area contributed by atoms with Crippen molar-refractivity contribution in [2.75, 3.05) is 20.0 Å². The summed E-state index contributed by atoms with van der Waals surface area (Å²) >= 11 is 1.29. The molecule has 1 aromatic heterocycles. The largest absolute Gasteiger partial charge is 0.495 e. The van der Waals surface area contributed by atoms with Crippen LogP contribution in [0.15, 0.2) is 46.3 Å². The summed E-state index contributed by atoms with van der Waals surface area (Å²) < 4.78 is 38.2. The Kier molecular flexibility index (Phi) is 6.09. The molecule has 29 heavy (non-hydrogen) atoms. The van der Waals surface area contributed by atoms with Crippen LogP contribution >= 0.6 is 11.3 Å². The fraction of sp³-hybridized carbons (Fsp3) is 0.300. The van der Waals surface area contributed by atoms with Gasteiger partial charge in [0.1, 0.15) is 21.7 Å². The van der Waals surface area contributed by atoms with E-state index in [0.717, 1.165) is 15.8 Å². The lowest BCUT2D eigenvalue weighted by molar-refractivity contribution is -0.117. The number of carbonyl (C=O) groups excluding carboxylic acids is 1. The van der Waals surface area contributed by atoms with Crippen molar-refractivity contribution in [2.24, 2.45) is 12.0 Å². The van der Waals surface area contributed by atoms with Crippen LogP contribution in [-0.2, 0) is 21.7 Å². The fourth-order valence-corrected chi connectivity index (χ4v) is 5.25. The minimum atomic E-state index is -3.54. The van der Waals surface area contributed by atoms with Gasteiger partial charge in [-0.25, -0.2) is 8.42 Å². The van der Waals surface area contributed by atoms with Gasteiger partial charge >= 0.3 is 0 Å². The monoisotopic (exact) mass is 434 g/mol. The Morgan fingerprint density at radius 3 is 2.31 bits per heavy atom. The Bertz CT molecular complexity index is 1220. The van der Waals surface area contributed by atoms with Crippen molar-refractivity contribution in [3.63, 3.8) is 0 Å². The number of benzene rings is 2. The van der Waals surface area contributed by atoms with Gasteiger partial charge in [0.2, 0.25) is 5.91 Å². The summed E-state index contributed by atoms with van der Waals surface area (Å²) in [5, 5.41) is 0. The fourth-order valence-electron chi connectivity index (χ4n) is 2.88. The van der Waals surface area contributed by atoms with Crippen molar-refractivity contribution < 1.29 is 22.7 Å². The molecule has 3 aromatic rings. The average molecular weight is 435 g/mol. The third-order valence-electron chi connectivity index (χ3n) is 4.50. The standard InChI is InChI=1S/C20H22N2O5S2/c1-13-5-7-14(8-6-13)29(24,25)12-11-17(23)21-20-22(2)18-15(26-3)9-10-16(27-4)19(18)28-20/h5-10H,11-12H2,1-4H3. The molecule has 0 unspecified atom stereocenters. The lowest BCUT2D eigenvalue weighted by Crippen LogP contribution is -2.16. The Hall–Kier alpha value is -2.65. The molecule has 1 amide bonds. The number of hydrogen-bond donors (Lipinski definition) is 0. The summed E-state index contributed by atoms with van der Waals surface area (Å²) in [6.45, 7) is 1.88. The Morgan fingerprint density at radius 1 is 1.07 bits per heavy atom. The summed E-state index contributed by atoms with van der Waals surface area (Å²) in [5.74, 6) is 0.494. The average Bonchev–Trinajstić information content (AvgIpc) is 3.02. The molecule has 0 saturated carbocycles. The zero-order valence-electron chi connectivity index (χ0n) is 16.6. The van der Waals surface area contributed by atoms with Crippen LogP contribution in [-0.4, -0.2) is 38.9 Å². The van der Waals surface area contributed by atoms with E-state index >= 15 is 0 Å². The molecule has 0 atom stereocenters. The van der Waals surface area contributed by atoms with Crippen molar-refractivity contribution in [2.45, 2.75) is 18.2 Å². The zero-order valence-corrected chi connectivity index (χ0v) is 18.3. The second-order valence-electron chi connectivity index (χ2n) is 6.48. The van der Waals surface area contributed by atoms with Gasteiger partial charge in [0.25, 0.3) is 0 Å². The van der Waals surface area contributed by atoms with E-state index in [1.807, 2.05) is 6.92 Å². The number of sulfone groups is 1. The molecule has 0 bridgehead atoms. The molecule has 0 aliphatic carbocycles. The third kappa shape index (κ3) is 4.35. The molecular weight excluding hydrogens is 412 g/mol. The first-order valence-electron chi connectivity index (χ1n) is 8.84. The number of fused-ring (bicyclic) bond motifs is 1. The molecule has 0 N–H and O–H groups in total. The normalized spacial score (nSPS) is 12.3. The van der Waals surface area contributed by atoms with E-state index in [4.69, 9.17) is 9.47 Å². The van der Waals surface area contributed by atoms with Crippen LogP contribution in [0, 0.1) is 6.92 Å². The number of rotatable bonds is 6. The molecule has 3 rings (SSSR count). The van der Waals surface area contributed by atoms with E-state index in [1.165, 1.54) is 11.3 Å². The number of aryl methyl sites for hydroxylation is 2. The van der Waals surface area contributed by atoms with Gasteiger partial charge in [-0.3, -0.25) is 4.79 Å². The smallest absolute Gasteiger partial charge is 0.249 e. The van der Waals surface area contributed by atoms with Crippen LogP contribution in [0.25, 0.3) is 10.2 Å². The second-order valence-corrected chi connectivity index (χ2v) is 9.57. The number of nitrogens with zero attached hydrogens (tertiary/aromatic N) is 2.